The Balaban J connectivity index is 1.71. The molecule has 0 aliphatic rings. The second-order valence-corrected chi connectivity index (χ2v) is 9.70. The Kier molecular flexibility index (Phi) is 7.58. The van der Waals surface area contributed by atoms with Gasteiger partial charge in [0.2, 0.25) is 15.0 Å². The normalized spacial score (nSPS) is 11.6. The molecule has 0 aliphatic heterocycles. The Morgan fingerprint density at radius 3 is 2.69 bits per heavy atom. The van der Waals surface area contributed by atoms with Crippen LogP contribution in [0, 0.1) is 11.3 Å². The first-order valence-electron chi connectivity index (χ1n) is 9.28. The molecule has 3 rings (SSSR count). The van der Waals surface area contributed by atoms with E-state index in [4.69, 9.17) is 16.3 Å². The third kappa shape index (κ3) is 5.91. The van der Waals surface area contributed by atoms with Crippen LogP contribution in [0.3, 0.4) is 0 Å². The molecule has 0 saturated carbocycles. The van der Waals surface area contributed by atoms with Gasteiger partial charge >= 0.3 is 0 Å². The van der Waals surface area contributed by atoms with Gasteiger partial charge < -0.3 is 4.74 Å². The van der Waals surface area contributed by atoms with Gasteiger partial charge in [-0.3, -0.25) is 10.1 Å². The average Bonchev–Trinajstić information content (AvgIpc) is 3.27. The molecule has 3 aromatic rings. The largest absolute Gasteiger partial charge is 0.487 e. The van der Waals surface area contributed by atoms with Crippen molar-refractivity contribution in [3.63, 3.8) is 0 Å². The van der Waals surface area contributed by atoms with Gasteiger partial charge in [-0.05, 0) is 29.3 Å². The minimum absolute atomic E-state index is 0.0223. The number of amides is 1. The van der Waals surface area contributed by atoms with Crippen LogP contribution in [0.1, 0.15) is 18.1 Å². The summed E-state index contributed by atoms with van der Waals surface area (Å²) in [5, 5.41) is 11.7. The molecule has 0 fully saturated rings. The number of halogens is 1. The fraction of sp³-hybridized carbons (Fsp3) is 0.143. The molecule has 2 aromatic carbocycles. The molecule has 1 heterocycles. The highest BCUT2D eigenvalue weighted by Gasteiger charge is 2.20. The average molecular weight is 489 g/mol. The van der Waals surface area contributed by atoms with E-state index in [1.54, 1.807) is 18.2 Å². The van der Waals surface area contributed by atoms with Gasteiger partial charge in [-0.2, -0.15) is 14.6 Å². The maximum Gasteiger partial charge on any atom is 0.268 e. The first-order valence-corrected chi connectivity index (χ1v) is 12.1. The minimum atomic E-state index is -3.59. The van der Waals surface area contributed by atoms with Crippen molar-refractivity contribution >= 4 is 50.1 Å². The molecular weight excluding hydrogens is 472 g/mol. The Hall–Kier alpha value is -3.26. The third-order valence-corrected chi connectivity index (χ3v) is 6.70. The fourth-order valence-corrected chi connectivity index (χ4v) is 4.28. The quantitative estimate of drug-likeness (QED) is 0.374. The number of aromatic nitrogens is 2. The van der Waals surface area contributed by atoms with Gasteiger partial charge in [0.05, 0.1) is 10.8 Å². The van der Waals surface area contributed by atoms with Gasteiger partial charge in [0.1, 0.15) is 24.0 Å². The second-order valence-electron chi connectivity index (χ2n) is 6.37. The summed E-state index contributed by atoms with van der Waals surface area (Å²) >= 11 is 7.00. The van der Waals surface area contributed by atoms with E-state index in [2.05, 4.69) is 14.7 Å². The summed E-state index contributed by atoms with van der Waals surface area (Å²) in [4.78, 5) is 16.2. The van der Waals surface area contributed by atoms with E-state index in [0.29, 0.717) is 34.5 Å². The van der Waals surface area contributed by atoms with E-state index in [1.165, 1.54) is 13.0 Å². The van der Waals surface area contributed by atoms with E-state index in [-0.39, 0.29) is 21.6 Å². The van der Waals surface area contributed by atoms with E-state index < -0.39 is 15.7 Å². The molecule has 164 valence electrons. The SMILES string of the molecule is CCS(=O)(=O)c1nsc(NC(=O)/C(C#N)=C\c2ccc(OCc3ccccc3)c(Cl)c2)n1. The predicted octanol–water partition coefficient (Wildman–Crippen LogP) is 4.11. The lowest BCUT2D eigenvalue weighted by Crippen LogP contribution is -2.13. The van der Waals surface area contributed by atoms with Crippen LogP contribution < -0.4 is 10.1 Å². The number of hydrogen-bond donors (Lipinski definition) is 1. The molecule has 0 bridgehead atoms. The number of anilines is 1. The summed E-state index contributed by atoms with van der Waals surface area (Å²) in [6.45, 7) is 1.81. The van der Waals surface area contributed by atoms with Crippen molar-refractivity contribution in [2.45, 2.75) is 18.7 Å². The van der Waals surface area contributed by atoms with Crippen LogP contribution >= 0.6 is 23.1 Å². The van der Waals surface area contributed by atoms with Crippen LogP contribution in [0.15, 0.2) is 59.3 Å². The van der Waals surface area contributed by atoms with Crippen LogP contribution in [0.25, 0.3) is 6.08 Å². The van der Waals surface area contributed by atoms with Crippen molar-refractivity contribution in [2.24, 2.45) is 0 Å². The Labute approximate surface area is 194 Å². The van der Waals surface area contributed by atoms with E-state index >= 15 is 0 Å². The smallest absolute Gasteiger partial charge is 0.268 e. The van der Waals surface area contributed by atoms with Crippen LogP contribution in [0.4, 0.5) is 5.13 Å². The Morgan fingerprint density at radius 1 is 1.28 bits per heavy atom. The summed E-state index contributed by atoms with van der Waals surface area (Å²) < 4.78 is 33.1. The maximum absolute atomic E-state index is 12.4. The molecule has 8 nitrogen and oxygen atoms in total. The highest BCUT2D eigenvalue weighted by Crippen LogP contribution is 2.27. The molecule has 32 heavy (non-hydrogen) atoms. The molecule has 0 spiro atoms. The molecule has 0 radical (unpaired) electrons. The van der Waals surface area contributed by atoms with Gasteiger partial charge in [-0.25, -0.2) is 8.42 Å². The molecule has 0 unspecified atom stereocenters. The molecule has 0 saturated heterocycles. The van der Waals surface area contributed by atoms with Crippen molar-refractivity contribution in [3.05, 3.63) is 70.3 Å². The topological polar surface area (TPSA) is 122 Å². The second kappa shape index (κ2) is 10.4. The highest BCUT2D eigenvalue weighted by molar-refractivity contribution is 7.91. The van der Waals surface area contributed by atoms with Crippen LogP contribution in [-0.2, 0) is 21.2 Å². The van der Waals surface area contributed by atoms with Crippen molar-refractivity contribution in [2.75, 3.05) is 11.1 Å². The standard InChI is InChI=1S/C21H17ClN4O4S2/c1-2-32(28,29)21-25-20(31-26-21)24-19(27)16(12-23)10-15-8-9-18(17(22)11-15)30-13-14-6-4-3-5-7-14/h3-11H,2,13H2,1H3,(H,24,25,26,27)/b16-10-. The number of nitrogens with zero attached hydrogens (tertiary/aromatic N) is 3. The zero-order chi connectivity index (χ0) is 23.1. The summed E-state index contributed by atoms with van der Waals surface area (Å²) in [6, 6.07) is 16.3. The first-order chi connectivity index (χ1) is 15.3. The zero-order valence-corrected chi connectivity index (χ0v) is 19.2. The number of hydrogen-bond acceptors (Lipinski definition) is 8. The van der Waals surface area contributed by atoms with Gasteiger partial charge in [-0.15, -0.1) is 0 Å². The monoisotopic (exact) mass is 488 g/mol. The highest BCUT2D eigenvalue weighted by atomic mass is 35.5. The van der Waals surface area contributed by atoms with Crippen molar-refractivity contribution in [1.82, 2.24) is 9.36 Å². The summed E-state index contributed by atoms with van der Waals surface area (Å²) in [6.07, 6.45) is 1.35. The minimum Gasteiger partial charge on any atom is -0.487 e. The first kappa shape index (κ1) is 23.4. The number of benzene rings is 2. The summed E-state index contributed by atoms with van der Waals surface area (Å²) in [5.74, 6) is -0.439. The van der Waals surface area contributed by atoms with E-state index in [9.17, 15) is 18.5 Å². The predicted molar refractivity (Wildman–Crippen MR) is 122 cm³/mol. The van der Waals surface area contributed by atoms with E-state index in [0.717, 1.165) is 5.56 Å². The van der Waals surface area contributed by atoms with Crippen LogP contribution in [-0.4, -0.2) is 29.4 Å². The van der Waals surface area contributed by atoms with Gasteiger partial charge in [0, 0.05) is 11.5 Å². The van der Waals surface area contributed by atoms with Gasteiger partial charge in [0.15, 0.2) is 0 Å². The number of rotatable bonds is 8. The molecule has 0 atom stereocenters. The number of ether oxygens (including phenoxy) is 1. The molecule has 11 heteroatoms. The fourth-order valence-electron chi connectivity index (χ4n) is 2.46. The lowest BCUT2D eigenvalue weighted by Gasteiger charge is -2.09. The van der Waals surface area contributed by atoms with Gasteiger partial charge in [-0.1, -0.05) is 54.9 Å². The lowest BCUT2D eigenvalue weighted by molar-refractivity contribution is -0.112. The number of sulfone groups is 1. The summed E-state index contributed by atoms with van der Waals surface area (Å²) in [7, 11) is -3.59. The molecular formula is C21H17ClN4O4S2. The number of nitriles is 1. The number of nitrogens with one attached hydrogen (secondary N) is 1. The Bertz CT molecular complexity index is 1300. The Morgan fingerprint density at radius 2 is 2.03 bits per heavy atom. The molecule has 1 amide bonds. The molecule has 0 aliphatic carbocycles. The third-order valence-electron chi connectivity index (χ3n) is 4.16. The van der Waals surface area contributed by atoms with Crippen molar-refractivity contribution in [1.29, 1.82) is 5.26 Å². The lowest BCUT2D eigenvalue weighted by atomic mass is 10.1. The maximum atomic E-state index is 12.4. The number of carbonyl (C=O) groups excluding carboxylic acids is 1. The van der Waals surface area contributed by atoms with Crippen molar-refractivity contribution < 1.29 is 17.9 Å². The molecule has 1 aromatic heterocycles. The molecule has 1 N–H and O–H groups in total. The van der Waals surface area contributed by atoms with Crippen LogP contribution in [0.5, 0.6) is 5.75 Å². The summed E-state index contributed by atoms with van der Waals surface area (Å²) in [5.41, 5.74) is 1.29. The zero-order valence-electron chi connectivity index (χ0n) is 16.8. The number of carbonyl (C=O) groups is 1. The van der Waals surface area contributed by atoms with Crippen LogP contribution in [0.2, 0.25) is 5.02 Å². The van der Waals surface area contributed by atoms with E-state index in [1.807, 2.05) is 36.4 Å². The van der Waals surface area contributed by atoms with Crippen molar-refractivity contribution in [3.8, 4) is 11.8 Å². The van der Waals surface area contributed by atoms with Gasteiger partial charge in [0.25, 0.3) is 11.1 Å².